The van der Waals surface area contributed by atoms with Gasteiger partial charge in [0, 0.05) is 31.2 Å². The summed E-state index contributed by atoms with van der Waals surface area (Å²) in [4.78, 5) is 16.9. The van der Waals surface area contributed by atoms with Crippen molar-refractivity contribution < 1.29 is 4.79 Å². The molecule has 3 aromatic rings. The highest BCUT2D eigenvalue weighted by molar-refractivity contribution is 5.95. The number of aryl methyl sites for hydroxylation is 1. The van der Waals surface area contributed by atoms with Gasteiger partial charge in [-0.1, -0.05) is 37.3 Å². The van der Waals surface area contributed by atoms with Crippen LogP contribution >= 0.6 is 0 Å². The van der Waals surface area contributed by atoms with E-state index in [0.717, 1.165) is 24.2 Å². The molecule has 130 valence electrons. The topological polar surface area (TPSA) is 64.7 Å². The van der Waals surface area contributed by atoms with Gasteiger partial charge in [0.05, 0.1) is 24.1 Å². The molecule has 0 bridgehead atoms. The van der Waals surface area contributed by atoms with Gasteiger partial charge in [-0.05, 0) is 18.9 Å². The second kappa shape index (κ2) is 7.79. The lowest BCUT2D eigenvalue weighted by Gasteiger charge is -2.20. The van der Waals surface area contributed by atoms with E-state index in [9.17, 15) is 4.79 Å². The standard InChI is InChI=1S/C19H23N5O/c1-3-10-24-15(2)17(12-21-24)19(25)22-18(13-23-11-9-20-14-23)16-7-5-4-6-8-16/h4-9,11-12,14,18H,3,10,13H2,1-2H3,(H,22,25)/t18-/m0/s1. The number of hydrogen-bond acceptors (Lipinski definition) is 3. The predicted molar refractivity (Wildman–Crippen MR) is 96.1 cm³/mol. The normalized spacial score (nSPS) is 12.1. The molecule has 0 fully saturated rings. The van der Waals surface area contributed by atoms with Gasteiger partial charge < -0.3 is 9.88 Å². The first-order valence-electron chi connectivity index (χ1n) is 8.53. The Morgan fingerprint density at radius 2 is 2.08 bits per heavy atom. The highest BCUT2D eigenvalue weighted by Gasteiger charge is 2.19. The van der Waals surface area contributed by atoms with Crippen LogP contribution in [0.2, 0.25) is 0 Å². The van der Waals surface area contributed by atoms with Crippen molar-refractivity contribution in [3.63, 3.8) is 0 Å². The molecular weight excluding hydrogens is 314 g/mol. The van der Waals surface area contributed by atoms with E-state index in [0.29, 0.717) is 12.1 Å². The van der Waals surface area contributed by atoms with Gasteiger partial charge in [-0.3, -0.25) is 9.48 Å². The molecule has 0 spiro atoms. The van der Waals surface area contributed by atoms with Crippen molar-refractivity contribution in [2.75, 3.05) is 0 Å². The third kappa shape index (κ3) is 3.96. The maximum Gasteiger partial charge on any atom is 0.255 e. The summed E-state index contributed by atoms with van der Waals surface area (Å²) in [5.74, 6) is -0.103. The van der Waals surface area contributed by atoms with E-state index in [4.69, 9.17) is 0 Å². The fourth-order valence-corrected chi connectivity index (χ4v) is 2.87. The number of rotatable bonds is 7. The molecule has 0 unspecified atom stereocenters. The fraction of sp³-hybridized carbons (Fsp3) is 0.316. The number of aromatic nitrogens is 4. The molecule has 6 nitrogen and oxygen atoms in total. The fourth-order valence-electron chi connectivity index (χ4n) is 2.87. The third-order valence-electron chi connectivity index (χ3n) is 4.24. The zero-order chi connectivity index (χ0) is 17.6. The highest BCUT2D eigenvalue weighted by Crippen LogP contribution is 2.17. The average Bonchev–Trinajstić information content (AvgIpc) is 3.26. The largest absolute Gasteiger partial charge is 0.343 e. The van der Waals surface area contributed by atoms with Crippen LogP contribution in [0.1, 0.15) is 41.0 Å². The van der Waals surface area contributed by atoms with Gasteiger partial charge in [0.2, 0.25) is 0 Å². The van der Waals surface area contributed by atoms with Crippen LogP contribution in [0.25, 0.3) is 0 Å². The minimum atomic E-state index is -0.142. The van der Waals surface area contributed by atoms with Gasteiger partial charge in [-0.15, -0.1) is 0 Å². The molecule has 0 aliphatic carbocycles. The van der Waals surface area contributed by atoms with E-state index in [1.807, 2.05) is 52.7 Å². The zero-order valence-corrected chi connectivity index (χ0v) is 14.6. The van der Waals surface area contributed by atoms with Crippen molar-refractivity contribution in [1.29, 1.82) is 0 Å². The van der Waals surface area contributed by atoms with Crippen LogP contribution in [0.4, 0.5) is 0 Å². The first-order chi connectivity index (χ1) is 12.2. The van der Waals surface area contributed by atoms with E-state index in [-0.39, 0.29) is 11.9 Å². The summed E-state index contributed by atoms with van der Waals surface area (Å²) in [6.45, 7) is 5.47. The lowest BCUT2D eigenvalue weighted by molar-refractivity contribution is 0.0932. The smallest absolute Gasteiger partial charge is 0.255 e. The Kier molecular flexibility index (Phi) is 5.28. The SMILES string of the molecule is CCCn1ncc(C(=O)N[C@@H](Cn2ccnc2)c2ccccc2)c1C. The van der Waals surface area contributed by atoms with Gasteiger partial charge in [0.1, 0.15) is 0 Å². The van der Waals surface area contributed by atoms with Gasteiger partial charge >= 0.3 is 0 Å². The van der Waals surface area contributed by atoms with Crippen molar-refractivity contribution >= 4 is 5.91 Å². The van der Waals surface area contributed by atoms with Crippen LogP contribution in [0.3, 0.4) is 0 Å². The van der Waals surface area contributed by atoms with Crippen LogP contribution < -0.4 is 5.32 Å². The van der Waals surface area contributed by atoms with Crippen LogP contribution in [0.15, 0.2) is 55.2 Å². The summed E-state index contributed by atoms with van der Waals surface area (Å²) < 4.78 is 3.84. The quantitative estimate of drug-likeness (QED) is 0.721. The van der Waals surface area contributed by atoms with Crippen molar-refractivity contribution in [1.82, 2.24) is 24.6 Å². The summed E-state index contributed by atoms with van der Waals surface area (Å²) in [6, 6.07) is 9.83. The molecule has 1 amide bonds. The van der Waals surface area contributed by atoms with Gasteiger partial charge in [-0.25, -0.2) is 4.98 Å². The number of amides is 1. The van der Waals surface area contributed by atoms with Crippen molar-refractivity contribution in [3.05, 3.63) is 72.1 Å². The molecule has 2 heterocycles. The average molecular weight is 337 g/mol. The Morgan fingerprint density at radius 3 is 2.76 bits per heavy atom. The molecule has 3 rings (SSSR count). The molecule has 0 aliphatic heterocycles. The lowest BCUT2D eigenvalue weighted by atomic mass is 10.1. The maximum absolute atomic E-state index is 12.8. The Bertz CT molecular complexity index is 808. The Morgan fingerprint density at radius 1 is 1.28 bits per heavy atom. The maximum atomic E-state index is 12.8. The van der Waals surface area contributed by atoms with E-state index in [2.05, 4.69) is 22.3 Å². The number of nitrogens with one attached hydrogen (secondary N) is 1. The van der Waals surface area contributed by atoms with Crippen molar-refractivity contribution in [2.24, 2.45) is 0 Å². The number of imidazole rings is 1. The number of hydrogen-bond donors (Lipinski definition) is 1. The lowest BCUT2D eigenvalue weighted by Crippen LogP contribution is -2.31. The summed E-state index contributed by atoms with van der Waals surface area (Å²) in [7, 11) is 0. The molecule has 6 heteroatoms. The first-order valence-corrected chi connectivity index (χ1v) is 8.53. The molecule has 2 aromatic heterocycles. The molecule has 0 saturated heterocycles. The molecule has 0 radical (unpaired) electrons. The molecule has 1 aromatic carbocycles. The Labute approximate surface area is 147 Å². The van der Waals surface area contributed by atoms with E-state index in [1.165, 1.54) is 0 Å². The predicted octanol–water partition coefficient (Wildman–Crippen LogP) is 2.97. The van der Waals surface area contributed by atoms with E-state index < -0.39 is 0 Å². The second-order valence-corrected chi connectivity index (χ2v) is 6.06. The molecule has 0 saturated carbocycles. The van der Waals surface area contributed by atoms with Gasteiger partial charge in [0.25, 0.3) is 5.91 Å². The number of nitrogens with zero attached hydrogens (tertiary/aromatic N) is 4. The van der Waals surface area contributed by atoms with Crippen molar-refractivity contribution in [2.45, 2.75) is 39.4 Å². The van der Waals surface area contributed by atoms with E-state index >= 15 is 0 Å². The molecule has 1 atom stereocenters. The number of benzene rings is 1. The van der Waals surface area contributed by atoms with E-state index in [1.54, 1.807) is 18.7 Å². The molecule has 25 heavy (non-hydrogen) atoms. The molecule has 1 N–H and O–H groups in total. The number of carbonyl (C=O) groups excluding carboxylic acids is 1. The minimum Gasteiger partial charge on any atom is -0.343 e. The highest BCUT2D eigenvalue weighted by atomic mass is 16.1. The summed E-state index contributed by atoms with van der Waals surface area (Å²) >= 11 is 0. The Hall–Kier alpha value is -2.89. The van der Waals surface area contributed by atoms with Crippen LogP contribution in [-0.2, 0) is 13.1 Å². The van der Waals surface area contributed by atoms with Crippen LogP contribution in [0.5, 0.6) is 0 Å². The summed E-state index contributed by atoms with van der Waals surface area (Å²) in [6.07, 6.45) is 8.03. The van der Waals surface area contributed by atoms with Gasteiger partial charge in [-0.2, -0.15) is 5.10 Å². The molecule has 0 aliphatic rings. The Balaban J connectivity index is 1.81. The monoisotopic (exact) mass is 337 g/mol. The van der Waals surface area contributed by atoms with Crippen molar-refractivity contribution in [3.8, 4) is 0 Å². The number of carbonyl (C=O) groups is 1. The van der Waals surface area contributed by atoms with Crippen LogP contribution in [0, 0.1) is 6.92 Å². The first kappa shape index (κ1) is 17.0. The summed E-state index contributed by atoms with van der Waals surface area (Å²) in [5, 5.41) is 7.47. The minimum absolute atomic E-state index is 0.103. The molecular formula is C19H23N5O. The van der Waals surface area contributed by atoms with Crippen LogP contribution in [-0.4, -0.2) is 25.2 Å². The second-order valence-electron chi connectivity index (χ2n) is 6.06. The summed E-state index contributed by atoms with van der Waals surface area (Å²) in [5.41, 5.74) is 2.58. The third-order valence-corrected chi connectivity index (χ3v) is 4.24. The zero-order valence-electron chi connectivity index (χ0n) is 14.6. The van der Waals surface area contributed by atoms with Gasteiger partial charge in [0.15, 0.2) is 0 Å².